The van der Waals surface area contributed by atoms with Crippen LogP contribution in [0.3, 0.4) is 0 Å². The molecule has 1 heterocycles. The van der Waals surface area contributed by atoms with E-state index in [4.69, 9.17) is 16.0 Å². The van der Waals surface area contributed by atoms with Crippen LogP contribution < -0.4 is 0 Å². The normalized spacial score (nSPS) is 10.4. The standard InChI is InChI=1S/C11H5ClF2O2/c12-11-8(14)3-2-7(13)10(11)9-4-1-6(5-15)16-9/h1-5H. The molecule has 0 fully saturated rings. The largest absolute Gasteiger partial charge is 0.453 e. The molecule has 1 aromatic carbocycles. The minimum Gasteiger partial charge on any atom is -0.453 e. The minimum atomic E-state index is -0.748. The third-order valence-corrected chi connectivity index (χ3v) is 2.40. The third-order valence-electron chi connectivity index (χ3n) is 2.03. The van der Waals surface area contributed by atoms with Gasteiger partial charge in [0.2, 0.25) is 0 Å². The number of carbonyl (C=O) groups is 1. The van der Waals surface area contributed by atoms with E-state index in [0.717, 1.165) is 12.1 Å². The van der Waals surface area contributed by atoms with E-state index in [0.29, 0.717) is 6.29 Å². The van der Waals surface area contributed by atoms with Gasteiger partial charge in [0, 0.05) is 0 Å². The number of hydrogen-bond donors (Lipinski definition) is 0. The summed E-state index contributed by atoms with van der Waals surface area (Å²) in [5, 5.41) is -0.369. The van der Waals surface area contributed by atoms with E-state index in [1.165, 1.54) is 12.1 Å². The Labute approximate surface area is 94.4 Å². The van der Waals surface area contributed by atoms with Gasteiger partial charge < -0.3 is 4.42 Å². The topological polar surface area (TPSA) is 30.2 Å². The maximum atomic E-state index is 13.4. The van der Waals surface area contributed by atoms with Gasteiger partial charge in [-0.25, -0.2) is 8.78 Å². The Morgan fingerprint density at radius 3 is 2.44 bits per heavy atom. The lowest BCUT2D eigenvalue weighted by Gasteiger charge is -2.03. The van der Waals surface area contributed by atoms with Crippen LogP contribution in [-0.2, 0) is 0 Å². The predicted octanol–water partition coefficient (Wildman–Crippen LogP) is 3.69. The number of furan rings is 1. The highest BCUT2D eigenvalue weighted by Crippen LogP contribution is 2.33. The molecule has 2 nitrogen and oxygen atoms in total. The van der Waals surface area contributed by atoms with Crippen molar-refractivity contribution in [3.05, 3.63) is 46.7 Å². The molecule has 0 unspecified atom stereocenters. The van der Waals surface area contributed by atoms with Crippen LogP contribution in [0, 0.1) is 11.6 Å². The molecule has 16 heavy (non-hydrogen) atoms. The zero-order valence-corrected chi connectivity index (χ0v) is 8.59. The predicted molar refractivity (Wildman–Crippen MR) is 54.5 cm³/mol. The Bertz CT molecular complexity index is 549. The molecule has 0 N–H and O–H groups in total. The molecule has 0 aliphatic heterocycles. The molecular weight excluding hydrogens is 238 g/mol. The van der Waals surface area contributed by atoms with Crippen LogP contribution in [0.15, 0.2) is 28.7 Å². The molecule has 1 aromatic heterocycles. The molecule has 82 valence electrons. The van der Waals surface area contributed by atoms with Crippen molar-refractivity contribution in [3.8, 4) is 11.3 Å². The fourth-order valence-corrected chi connectivity index (χ4v) is 1.55. The van der Waals surface area contributed by atoms with Gasteiger partial charge in [-0.3, -0.25) is 4.79 Å². The van der Waals surface area contributed by atoms with Crippen molar-refractivity contribution >= 4 is 17.9 Å². The van der Waals surface area contributed by atoms with Gasteiger partial charge in [0.25, 0.3) is 0 Å². The maximum absolute atomic E-state index is 13.4. The highest BCUT2D eigenvalue weighted by atomic mass is 35.5. The summed E-state index contributed by atoms with van der Waals surface area (Å²) in [6.45, 7) is 0. The summed E-state index contributed by atoms with van der Waals surface area (Å²) in [6, 6.07) is 4.57. The first-order valence-corrected chi connectivity index (χ1v) is 4.70. The van der Waals surface area contributed by atoms with Crippen LogP contribution in [0.2, 0.25) is 5.02 Å². The van der Waals surface area contributed by atoms with Crippen LogP contribution >= 0.6 is 11.6 Å². The maximum Gasteiger partial charge on any atom is 0.185 e. The number of carbonyl (C=O) groups excluding carboxylic acids is 1. The summed E-state index contributed by atoms with van der Waals surface area (Å²) in [5.41, 5.74) is -0.185. The molecule has 0 saturated heterocycles. The van der Waals surface area contributed by atoms with Crippen LogP contribution in [0.5, 0.6) is 0 Å². The zero-order valence-electron chi connectivity index (χ0n) is 7.84. The van der Waals surface area contributed by atoms with Crippen molar-refractivity contribution in [1.82, 2.24) is 0 Å². The number of benzene rings is 1. The SMILES string of the molecule is O=Cc1ccc(-c2c(F)ccc(F)c2Cl)o1. The minimum absolute atomic E-state index is 0.0177. The molecule has 0 saturated carbocycles. The average molecular weight is 243 g/mol. The molecular formula is C11H5ClF2O2. The van der Waals surface area contributed by atoms with Gasteiger partial charge in [0.05, 0.1) is 10.6 Å². The van der Waals surface area contributed by atoms with E-state index < -0.39 is 11.6 Å². The lowest BCUT2D eigenvalue weighted by Crippen LogP contribution is -1.87. The molecule has 2 rings (SSSR count). The zero-order chi connectivity index (χ0) is 11.7. The van der Waals surface area contributed by atoms with E-state index in [1.54, 1.807) is 0 Å². The molecule has 0 atom stereocenters. The Morgan fingerprint density at radius 1 is 1.12 bits per heavy atom. The summed E-state index contributed by atoms with van der Waals surface area (Å²) in [4.78, 5) is 10.4. The molecule has 5 heteroatoms. The Hall–Kier alpha value is -1.68. The van der Waals surface area contributed by atoms with Gasteiger partial charge in [0.1, 0.15) is 17.4 Å². The highest BCUT2D eigenvalue weighted by Gasteiger charge is 2.17. The summed E-state index contributed by atoms with van der Waals surface area (Å²) in [6.07, 6.45) is 0.467. The molecule has 0 aliphatic rings. The molecule has 0 aliphatic carbocycles. The van der Waals surface area contributed by atoms with Crippen molar-refractivity contribution in [3.63, 3.8) is 0 Å². The van der Waals surface area contributed by atoms with E-state index in [9.17, 15) is 13.6 Å². The number of rotatable bonds is 2. The first kappa shape index (κ1) is 10.8. The van der Waals surface area contributed by atoms with Crippen molar-refractivity contribution in [1.29, 1.82) is 0 Å². The monoisotopic (exact) mass is 242 g/mol. The van der Waals surface area contributed by atoms with Gasteiger partial charge in [-0.05, 0) is 24.3 Å². The fraction of sp³-hybridized carbons (Fsp3) is 0. The van der Waals surface area contributed by atoms with Crippen molar-refractivity contribution in [2.45, 2.75) is 0 Å². The van der Waals surface area contributed by atoms with Gasteiger partial charge in [-0.1, -0.05) is 11.6 Å². The number of hydrogen-bond acceptors (Lipinski definition) is 2. The molecule has 0 radical (unpaired) electrons. The van der Waals surface area contributed by atoms with Crippen molar-refractivity contribution in [2.24, 2.45) is 0 Å². The number of halogens is 3. The lowest BCUT2D eigenvalue weighted by atomic mass is 10.1. The van der Waals surface area contributed by atoms with Crippen molar-refractivity contribution in [2.75, 3.05) is 0 Å². The first-order valence-electron chi connectivity index (χ1n) is 4.32. The smallest absolute Gasteiger partial charge is 0.185 e. The van der Waals surface area contributed by atoms with Crippen molar-refractivity contribution < 1.29 is 18.0 Å². The summed E-state index contributed by atoms with van der Waals surface area (Å²) < 4.78 is 31.5. The lowest BCUT2D eigenvalue weighted by molar-refractivity contribution is 0.110. The number of aldehydes is 1. The highest BCUT2D eigenvalue weighted by molar-refractivity contribution is 6.33. The second kappa shape index (κ2) is 4.06. The second-order valence-corrected chi connectivity index (χ2v) is 3.42. The van der Waals surface area contributed by atoms with Gasteiger partial charge in [0.15, 0.2) is 12.0 Å². The van der Waals surface area contributed by atoms with Crippen LogP contribution in [0.4, 0.5) is 8.78 Å². The van der Waals surface area contributed by atoms with Gasteiger partial charge in [-0.15, -0.1) is 0 Å². The van der Waals surface area contributed by atoms with Gasteiger partial charge in [-0.2, -0.15) is 0 Å². The second-order valence-electron chi connectivity index (χ2n) is 3.04. The molecule has 0 spiro atoms. The first-order chi connectivity index (χ1) is 7.63. The Kier molecular flexibility index (Phi) is 2.75. The average Bonchev–Trinajstić information content (AvgIpc) is 2.73. The quantitative estimate of drug-likeness (QED) is 0.594. The summed E-state index contributed by atoms with van der Waals surface area (Å²) in [5.74, 6) is -1.42. The third kappa shape index (κ3) is 1.72. The molecule has 0 bridgehead atoms. The van der Waals surface area contributed by atoms with Crippen LogP contribution in [0.25, 0.3) is 11.3 Å². The molecule has 2 aromatic rings. The Morgan fingerprint density at radius 2 is 1.81 bits per heavy atom. The van der Waals surface area contributed by atoms with E-state index in [-0.39, 0.29) is 22.1 Å². The summed E-state index contributed by atoms with van der Waals surface area (Å²) in [7, 11) is 0. The molecule has 0 amide bonds. The summed E-state index contributed by atoms with van der Waals surface area (Å²) >= 11 is 5.62. The van der Waals surface area contributed by atoms with Gasteiger partial charge >= 0.3 is 0 Å². The Balaban J connectivity index is 2.63. The van der Waals surface area contributed by atoms with E-state index in [1.807, 2.05) is 0 Å². The van der Waals surface area contributed by atoms with Crippen LogP contribution in [0.1, 0.15) is 10.6 Å². The fourth-order valence-electron chi connectivity index (χ4n) is 1.30. The van der Waals surface area contributed by atoms with Crippen LogP contribution in [-0.4, -0.2) is 6.29 Å². The van der Waals surface area contributed by atoms with E-state index >= 15 is 0 Å². The van der Waals surface area contributed by atoms with E-state index in [2.05, 4.69) is 0 Å².